The Morgan fingerprint density at radius 3 is 2.94 bits per heavy atom. The van der Waals surface area contributed by atoms with Crippen LogP contribution in [0.4, 0.5) is 0 Å². The Kier molecular flexibility index (Phi) is 3.74. The number of carboxylic acid groups (broad SMARTS) is 1. The standard InChI is InChI=1S/C13H15NO2S/c1-2-17-8-7-14-6-5-10-9-11(13(15)16)3-4-12(10)14/h3-6,9H,2,7-8H2,1H3,(H,15,16). The first-order valence-corrected chi connectivity index (χ1v) is 6.77. The number of nitrogens with zero attached hydrogens (tertiary/aromatic N) is 1. The van der Waals surface area contributed by atoms with Crippen molar-refractivity contribution in [1.82, 2.24) is 4.57 Å². The van der Waals surface area contributed by atoms with Crippen LogP contribution in [0, 0.1) is 0 Å². The molecule has 0 aliphatic carbocycles. The third kappa shape index (κ3) is 2.64. The highest BCUT2D eigenvalue weighted by molar-refractivity contribution is 7.99. The third-order valence-electron chi connectivity index (χ3n) is 2.70. The lowest BCUT2D eigenvalue weighted by molar-refractivity contribution is 0.0697. The van der Waals surface area contributed by atoms with Crippen molar-refractivity contribution in [2.45, 2.75) is 13.5 Å². The molecule has 0 radical (unpaired) electrons. The van der Waals surface area contributed by atoms with Crippen molar-refractivity contribution < 1.29 is 9.90 Å². The van der Waals surface area contributed by atoms with Crippen LogP contribution < -0.4 is 0 Å². The molecule has 0 saturated heterocycles. The molecule has 1 aromatic carbocycles. The minimum Gasteiger partial charge on any atom is -0.478 e. The van der Waals surface area contributed by atoms with Gasteiger partial charge in [0.05, 0.1) is 5.56 Å². The van der Waals surface area contributed by atoms with E-state index in [1.165, 1.54) is 0 Å². The van der Waals surface area contributed by atoms with E-state index in [1.807, 2.05) is 30.1 Å². The molecule has 2 rings (SSSR count). The summed E-state index contributed by atoms with van der Waals surface area (Å²) in [5, 5.41) is 9.91. The Hall–Kier alpha value is -1.42. The molecule has 0 aliphatic heterocycles. The quantitative estimate of drug-likeness (QED) is 0.828. The molecule has 90 valence electrons. The number of carbonyl (C=O) groups is 1. The summed E-state index contributed by atoms with van der Waals surface area (Å²) in [6, 6.07) is 7.24. The van der Waals surface area contributed by atoms with Crippen molar-refractivity contribution in [2.75, 3.05) is 11.5 Å². The number of carboxylic acids is 1. The number of fused-ring (bicyclic) bond motifs is 1. The van der Waals surface area contributed by atoms with E-state index in [0.717, 1.165) is 29.0 Å². The fraction of sp³-hybridized carbons (Fsp3) is 0.308. The van der Waals surface area contributed by atoms with Crippen LogP contribution in [0.2, 0.25) is 0 Å². The maximum Gasteiger partial charge on any atom is 0.335 e. The molecular weight excluding hydrogens is 234 g/mol. The second-order valence-corrected chi connectivity index (χ2v) is 5.18. The molecule has 2 aromatic rings. The molecule has 0 unspecified atom stereocenters. The topological polar surface area (TPSA) is 42.2 Å². The Balaban J connectivity index is 2.25. The Bertz CT molecular complexity index is 533. The molecule has 0 saturated carbocycles. The number of rotatable bonds is 5. The fourth-order valence-electron chi connectivity index (χ4n) is 1.84. The van der Waals surface area contributed by atoms with Crippen molar-refractivity contribution in [3.8, 4) is 0 Å². The average molecular weight is 249 g/mol. The van der Waals surface area contributed by atoms with E-state index in [1.54, 1.807) is 12.1 Å². The number of thioether (sulfide) groups is 1. The van der Waals surface area contributed by atoms with Gasteiger partial charge in [-0.1, -0.05) is 6.92 Å². The van der Waals surface area contributed by atoms with Gasteiger partial charge < -0.3 is 9.67 Å². The van der Waals surface area contributed by atoms with Gasteiger partial charge in [-0.3, -0.25) is 0 Å². The van der Waals surface area contributed by atoms with Crippen LogP contribution in [0.1, 0.15) is 17.3 Å². The molecule has 17 heavy (non-hydrogen) atoms. The summed E-state index contributed by atoms with van der Waals surface area (Å²) in [5.41, 5.74) is 1.45. The maximum atomic E-state index is 10.9. The van der Waals surface area contributed by atoms with Crippen molar-refractivity contribution in [3.05, 3.63) is 36.0 Å². The van der Waals surface area contributed by atoms with Crippen molar-refractivity contribution in [2.24, 2.45) is 0 Å². The smallest absolute Gasteiger partial charge is 0.335 e. The number of aromatic nitrogens is 1. The zero-order chi connectivity index (χ0) is 12.3. The molecule has 3 nitrogen and oxygen atoms in total. The first kappa shape index (κ1) is 12.0. The van der Waals surface area contributed by atoms with E-state index in [2.05, 4.69) is 11.5 Å². The normalized spacial score (nSPS) is 10.9. The largest absolute Gasteiger partial charge is 0.478 e. The van der Waals surface area contributed by atoms with Gasteiger partial charge in [0.1, 0.15) is 0 Å². The minimum atomic E-state index is -0.874. The number of hydrogen-bond donors (Lipinski definition) is 1. The monoisotopic (exact) mass is 249 g/mol. The molecule has 0 atom stereocenters. The van der Waals surface area contributed by atoms with Gasteiger partial charge >= 0.3 is 5.97 Å². The summed E-state index contributed by atoms with van der Waals surface area (Å²) in [6.07, 6.45) is 2.02. The van der Waals surface area contributed by atoms with Crippen LogP contribution in [0.25, 0.3) is 10.9 Å². The fourth-order valence-corrected chi connectivity index (χ4v) is 2.45. The van der Waals surface area contributed by atoms with Crippen LogP contribution in [0.15, 0.2) is 30.5 Å². The van der Waals surface area contributed by atoms with Gasteiger partial charge in [-0.2, -0.15) is 11.8 Å². The minimum absolute atomic E-state index is 0.346. The van der Waals surface area contributed by atoms with Crippen LogP contribution in [0.5, 0.6) is 0 Å². The van der Waals surface area contributed by atoms with Gasteiger partial charge in [-0.25, -0.2) is 4.79 Å². The molecule has 1 N–H and O–H groups in total. The average Bonchev–Trinajstić information content (AvgIpc) is 2.72. The molecular formula is C13H15NO2S. The molecule has 0 aliphatic rings. The molecule has 0 amide bonds. The summed E-state index contributed by atoms with van der Waals surface area (Å²) in [5.74, 6) is 1.34. The molecule has 4 heteroatoms. The number of aromatic carboxylic acids is 1. The van der Waals surface area contributed by atoms with Crippen molar-refractivity contribution in [3.63, 3.8) is 0 Å². The Morgan fingerprint density at radius 2 is 2.24 bits per heavy atom. The highest BCUT2D eigenvalue weighted by Gasteiger charge is 2.06. The van der Waals surface area contributed by atoms with Gasteiger partial charge in [0.25, 0.3) is 0 Å². The summed E-state index contributed by atoms with van der Waals surface area (Å²) >= 11 is 1.91. The predicted molar refractivity (Wildman–Crippen MR) is 71.9 cm³/mol. The first-order valence-electron chi connectivity index (χ1n) is 5.62. The van der Waals surface area contributed by atoms with E-state index in [4.69, 9.17) is 5.11 Å². The third-order valence-corrected chi connectivity index (χ3v) is 3.58. The molecule has 0 fully saturated rings. The van der Waals surface area contributed by atoms with E-state index in [-0.39, 0.29) is 0 Å². The lowest BCUT2D eigenvalue weighted by Gasteiger charge is -2.04. The number of aryl methyl sites for hydroxylation is 1. The Labute approximate surface area is 104 Å². The number of benzene rings is 1. The van der Waals surface area contributed by atoms with Gasteiger partial charge in [-0.05, 0) is 30.0 Å². The van der Waals surface area contributed by atoms with Gasteiger partial charge in [0.15, 0.2) is 0 Å². The summed E-state index contributed by atoms with van der Waals surface area (Å²) in [7, 11) is 0. The highest BCUT2D eigenvalue weighted by Crippen LogP contribution is 2.18. The number of hydrogen-bond acceptors (Lipinski definition) is 2. The van der Waals surface area contributed by atoms with Gasteiger partial charge in [0.2, 0.25) is 0 Å². The molecule has 1 heterocycles. The van der Waals surface area contributed by atoms with E-state index in [9.17, 15) is 4.79 Å². The zero-order valence-corrected chi connectivity index (χ0v) is 10.5. The second-order valence-electron chi connectivity index (χ2n) is 3.78. The van der Waals surface area contributed by atoms with Crippen molar-refractivity contribution in [1.29, 1.82) is 0 Å². The zero-order valence-electron chi connectivity index (χ0n) is 9.72. The van der Waals surface area contributed by atoms with Crippen LogP contribution >= 0.6 is 11.8 Å². The molecule has 1 aromatic heterocycles. The summed E-state index contributed by atoms with van der Waals surface area (Å²) < 4.78 is 2.17. The predicted octanol–water partition coefficient (Wildman–Crippen LogP) is 3.09. The second kappa shape index (κ2) is 5.27. The summed E-state index contributed by atoms with van der Waals surface area (Å²) in [6.45, 7) is 3.12. The van der Waals surface area contributed by atoms with E-state index >= 15 is 0 Å². The Morgan fingerprint density at radius 1 is 1.41 bits per heavy atom. The maximum absolute atomic E-state index is 10.9. The molecule has 0 bridgehead atoms. The lowest BCUT2D eigenvalue weighted by atomic mass is 10.1. The first-order chi connectivity index (χ1) is 8.22. The van der Waals surface area contributed by atoms with E-state index in [0.29, 0.717) is 5.56 Å². The van der Waals surface area contributed by atoms with Gasteiger partial charge in [0, 0.05) is 29.4 Å². The van der Waals surface area contributed by atoms with Crippen molar-refractivity contribution >= 4 is 28.6 Å². The molecule has 0 spiro atoms. The summed E-state index contributed by atoms with van der Waals surface area (Å²) in [4.78, 5) is 10.9. The lowest BCUT2D eigenvalue weighted by Crippen LogP contribution is -1.99. The van der Waals surface area contributed by atoms with E-state index < -0.39 is 5.97 Å². The SMILES string of the molecule is CCSCCn1ccc2cc(C(=O)O)ccc21. The van der Waals surface area contributed by atoms with Gasteiger partial charge in [-0.15, -0.1) is 0 Å². The van der Waals surface area contributed by atoms with Crippen LogP contribution in [0.3, 0.4) is 0 Å². The van der Waals surface area contributed by atoms with Crippen LogP contribution in [-0.4, -0.2) is 27.1 Å². The highest BCUT2D eigenvalue weighted by atomic mass is 32.2. The van der Waals surface area contributed by atoms with Crippen LogP contribution in [-0.2, 0) is 6.54 Å².